The highest BCUT2D eigenvalue weighted by atomic mass is 16.6. The van der Waals surface area contributed by atoms with E-state index in [4.69, 9.17) is 14.2 Å². The fourth-order valence-electron chi connectivity index (χ4n) is 6.19. The molecule has 25 heavy (non-hydrogen) atoms. The predicted octanol–water partition coefficient (Wildman–Crippen LogP) is -0.127. The van der Waals surface area contributed by atoms with E-state index in [1.54, 1.807) is 0 Å². The van der Waals surface area contributed by atoms with Crippen LogP contribution in [0.5, 0.6) is 0 Å². The molecule has 0 unspecified atom stereocenters. The highest BCUT2D eigenvalue weighted by molar-refractivity contribution is 5.32. The van der Waals surface area contributed by atoms with Crippen LogP contribution in [0.4, 0.5) is 0 Å². The zero-order valence-corrected chi connectivity index (χ0v) is 14.7. The maximum absolute atomic E-state index is 11.7. The Morgan fingerprint density at radius 1 is 0.800 bits per heavy atom. The molecule has 7 nitrogen and oxygen atoms in total. The molecule has 3 heterocycles. The van der Waals surface area contributed by atoms with Crippen molar-refractivity contribution in [1.29, 1.82) is 0 Å². The number of hydrogen-bond acceptors (Lipinski definition) is 7. The highest BCUT2D eigenvalue weighted by Crippen LogP contribution is 2.64. The van der Waals surface area contributed by atoms with Crippen molar-refractivity contribution in [3.63, 3.8) is 0 Å². The lowest BCUT2D eigenvalue weighted by Crippen LogP contribution is -2.86. The third-order valence-electron chi connectivity index (χ3n) is 7.11. The van der Waals surface area contributed by atoms with Crippen LogP contribution in [-0.4, -0.2) is 81.5 Å². The molecular formula is C18H30O7. The van der Waals surface area contributed by atoms with Crippen molar-refractivity contribution in [3.05, 3.63) is 0 Å². The van der Waals surface area contributed by atoms with Crippen LogP contribution in [0.15, 0.2) is 0 Å². The van der Waals surface area contributed by atoms with E-state index in [0.717, 1.165) is 19.3 Å². The number of ether oxygens (including phenoxy) is 3. The van der Waals surface area contributed by atoms with Gasteiger partial charge in [-0.05, 0) is 51.4 Å². The molecular weight excluding hydrogens is 328 g/mol. The van der Waals surface area contributed by atoms with Crippen molar-refractivity contribution < 1.29 is 34.6 Å². The highest BCUT2D eigenvalue weighted by Gasteiger charge is 2.82. The molecule has 7 heteroatoms. The van der Waals surface area contributed by atoms with E-state index in [0.29, 0.717) is 45.5 Å². The fourth-order valence-corrected chi connectivity index (χ4v) is 6.19. The van der Waals surface area contributed by atoms with E-state index in [9.17, 15) is 20.4 Å². The first-order chi connectivity index (χ1) is 12.0. The Balaban J connectivity index is 1.89. The second kappa shape index (κ2) is 6.12. The molecule has 0 aromatic rings. The Bertz CT molecular complexity index is 492. The maximum atomic E-state index is 11.7. The standard InChI is InChI=1S/C18H30O7/c19-9-1-5-15(22)13(20)14(21)16(6-2-10-23-16)18(8-4-12-25-18)17(15)7-3-11-24-17/h13-14,19-22H,1-12H2/t13-,14+,15-,16-,17+,18+/m0/s1. The van der Waals surface area contributed by atoms with Gasteiger partial charge >= 0.3 is 0 Å². The smallest absolute Gasteiger partial charge is 0.131 e. The SMILES string of the molecule is OCCC[C@]1(O)[C@@H](O)[C@@H](O)[C@@]2(CCCO2)[C@]2(CCCO2)[C@@]12CCCO2. The van der Waals surface area contributed by atoms with Gasteiger partial charge in [-0.15, -0.1) is 0 Å². The van der Waals surface area contributed by atoms with Crippen LogP contribution in [0, 0.1) is 0 Å². The number of hydrogen-bond donors (Lipinski definition) is 4. The summed E-state index contributed by atoms with van der Waals surface area (Å²) in [6.07, 6.45) is 1.87. The van der Waals surface area contributed by atoms with Crippen LogP contribution in [-0.2, 0) is 14.2 Å². The topological polar surface area (TPSA) is 109 Å². The fraction of sp³-hybridized carbons (Fsp3) is 1.00. The minimum Gasteiger partial charge on any atom is -0.396 e. The molecule has 1 aliphatic carbocycles. The van der Waals surface area contributed by atoms with E-state index < -0.39 is 34.6 Å². The third kappa shape index (κ3) is 2.00. The van der Waals surface area contributed by atoms with Gasteiger partial charge in [-0.2, -0.15) is 0 Å². The lowest BCUT2D eigenvalue weighted by Gasteiger charge is -2.66. The van der Waals surface area contributed by atoms with Crippen molar-refractivity contribution in [2.24, 2.45) is 0 Å². The van der Waals surface area contributed by atoms with Crippen molar-refractivity contribution in [1.82, 2.24) is 0 Å². The lowest BCUT2D eigenvalue weighted by atomic mass is 9.50. The molecule has 0 amide bonds. The molecule has 0 bridgehead atoms. The van der Waals surface area contributed by atoms with Crippen LogP contribution in [0.1, 0.15) is 51.4 Å². The van der Waals surface area contributed by atoms with Crippen molar-refractivity contribution >= 4 is 0 Å². The quantitative estimate of drug-likeness (QED) is 0.557. The summed E-state index contributed by atoms with van der Waals surface area (Å²) >= 11 is 0. The minimum absolute atomic E-state index is 0.100. The van der Waals surface area contributed by atoms with E-state index in [1.165, 1.54) is 0 Å². The molecule has 3 aliphatic heterocycles. The van der Waals surface area contributed by atoms with Gasteiger partial charge in [0.1, 0.15) is 34.6 Å². The number of aliphatic hydroxyl groups excluding tert-OH is 3. The number of aliphatic hydroxyl groups is 4. The molecule has 4 N–H and O–H groups in total. The molecule has 4 fully saturated rings. The molecule has 3 spiro atoms. The molecule has 3 saturated heterocycles. The monoisotopic (exact) mass is 358 g/mol. The molecule has 0 radical (unpaired) electrons. The summed E-state index contributed by atoms with van der Waals surface area (Å²) in [6, 6.07) is 0. The van der Waals surface area contributed by atoms with Crippen molar-refractivity contribution in [2.45, 2.75) is 86.0 Å². The van der Waals surface area contributed by atoms with Crippen LogP contribution in [0.25, 0.3) is 0 Å². The third-order valence-corrected chi connectivity index (χ3v) is 7.11. The molecule has 6 atom stereocenters. The average molecular weight is 358 g/mol. The molecule has 4 aliphatic rings. The lowest BCUT2D eigenvalue weighted by molar-refractivity contribution is -0.383. The van der Waals surface area contributed by atoms with Gasteiger partial charge in [0.25, 0.3) is 0 Å². The molecule has 1 saturated carbocycles. The summed E-state index contributed by atoms with van der Waals surface area (Å²) < 4.78 is 18.6. The van der Waals surface area contributed by atoms with Crippen LogP contribution in [0.2, 0.25) is 0 Å². The van der Waals surface area contributed by atoms with E-state index in [2.05, 4.69) is 0 Å². The molecule has 144 valence electrons. The van der Waals surface area contributed by atoms with Gasteiger partial charge in [-0.25, -0.2) is 0 Å². The average Bonchev–Trinajstić information content (AvgIpc) is 3.37. The maximum Gasteiger partial charge on any atom is 0.131 e. The normalized spacial score (nSPS) is 52.8. The van der Waals surface area contributed by atoms with Crippen molar-refractivity contribution in [2.75, 3.05) is 26.4 Å². The Morgan fingerprint density at radius 2 is 1.40 bits per heavy atom. The predicted molar refractivity (Wildman–Crippen MR) is 87.0 cm³/mol. The summed E-state index contributed by atoms with van der Waals surface area (Å²) in [5, 5.41) is 43.1. The summed E-state index contributed by atoms with van der Waals surface area (Å²) in [6.45, 7) is 1.40. The molecule has 0 aromatic carbocycles. The first kappa shape index (κ1) is 18.1. The van der Waals surface area contributed by atoms with Gasteiger partial charge in [0.2, 0.25) is 0 Å². The summed E-state index contributed by atoms with van der Waals surface area (Å²) in [7, 11) is 0. The Hall–Kier alpha value is -0.280. The largest absolute Gasteiger partial charge is 0.396 e. The first-order valence-corrected chi connectivity index (χ1v) is 9.61. The van der Waals surface area contributed by atoms with Gasteiger partial charge in [0.15, 0.2) is 0 Å². The Morgan fingerprint density at radius 3 is 1.92 bits per heavy atom. The molecule has 0 aromatic heterocycles. The first-order valence-electron chi connectivity index (χ1n) is 9.61. The van der Waals surface area contributed by atoms with E-state index in [1.807, 2.05) is 0 Å². The summed E-state index contributed by atoms with van der Waals surface area (Å²) in [5.41, 5.74) is -4.85. The second-order valence-electron chi connectivity index (χ2n) is 8.04. The second-order valence-corrected chi connectivity index (χ2v) is 8.04. The van der Waals surface area contributed by atoms with Crippen LogP contribution < -0.4 is 0 Å². The molecule has 4 rings (SSSR count). The van der Waals surface area contributed by atoms with Crippen molar-refractivity contribution in [3.8, 4) is 0 Å². The summed E-state index contributed by atoms with van der Waals surface area (Å²) in [4.78, 5) is 0. The summed E-state index contributed by atoms with van der Waals surface area (Å²) in [5.74, 6) is 0. The zero-order chi connectivity index (χ0) is 17.8. The van der Waals surface area contributed by atoms with Crippen LogP contribution >= 0.6 is 0 Å². The number of rotatable bonds is 3. The number of fused-ring (bicyclic) bond motifs is 2. The van der Waals surface area contributed by atoms with Gasteiger partial charge in [-0.3, -0.25) is 0 Å². The Labute approximate surface area is 147 Å². The minimum atomic E-state index is -1.69. The van der Waals surface area contributed by atoms with Crippen LogP contribution in [0.3, 0.4) is 0 Å². The van der Waals surface area contributed by atoms with Gasteiger partial charge in [-0.1, -0.05) is 0 Å². The van der Waals surface area contributed by atoms with Gasteiger partial charge in [0, 0.05) is 26.4 Å². The van der Waals surface area contributed by atoms with Gasteiger partial charge < -0.3 is 34.6 Å². The zero-order valence-electron chi connectivity index (χ0n) is 14.7. The Kier molecular flexibility index (Phi) is 4.43. The van der Waals surface area contributed by atoms with E-state index in [-0.39, 0.29) is 13.0 Å². The van der Waals surface area contributed by atoms with E-state index >= 15 is 0 Å². The van der Waals surface area contributed by atoms with Gasteiger partial charge in [0.05, 0.1) is 0 Å².